The number of hydrogen-bond donors (Lipinski definition) is 2. The van der Waals surface area contributed by atoms with Crippen molar-refractivity contribution in [2.24, 2.45) is 0 Å². The summed E-state index contributed by atoms with van der Waals surface area (Å²) in [6.07, 6.45) is 0.238. The topological polar surface area (TPSA) is 110 Å². The van der Waals surface area contributed by atoms with Gasteiger partial charge in [0.2, 0.25) is 0 Å². The second kappa shape index (κ2) is 6.88. The molecule has 0 bridgehead atoms. The summed E-state index contributed by atoms with van der Waals surface area (Å²) in [4.78, 5) is 37.9. The second-order valence-electron chi connectivity index (χ2n) is 4.91. The largest absolute Gasteiger partial charge is 0.469 e. The zero-order chi connectivity index (χ0) is 17.2. The predicted octanol–water partition coefficient (Wildman–Crippen LogP) is 2.37. The first-order valence-corrected chi connectivity index (χ1v) is 9.33. The normalized spacial score (nSPS) is 11.8. The van der Waals surface area contributed by atoms with Crippen molar-refractivity contribution in [3.63, 3.8) is 0 Å². The lowest BCUT2D eigenvalue weighted by Crippen LogP contribution is -2.06. The number of benzene rings is 1. The Morgan fingerprint density at radius 3 is 2.67 bits per heavy atom. The molecule has 2 aromatic heterocycles. The van der Waals surface area contributed by atoms with E-state index in [0.717, 1.165) is 4.70 Å². The quantitative estimate of drug-likeness (QED) is 0.669. The van der Waals surface area contributed by atoms with Crippen molar-refractivity contribution in [2.45, 2.75) is 6.42 Å². The molecule has 24 heavy (non-hydrogen) atoms. The van der Waals surface area contributed by atoms with Crippen LogP contribution in [-0.4, -0.2) is 26.4 Å². The van der Waals surface area contributed by atoms with Crippen LogP contribution >= 0.6 is 19.2 Å². The van der Waals surface area contributed by atoms with Gasteiger partial charge in [0, 0.05) is 16.8 Å². The fraction of sp³-hybridized carbons (Fsp3) is 0.133. The highest BCUT2D eigenvalue weighted by atomic mass is 32.1. The van der Waals surface area contributed by atoms with Crippen LogP contribution in [0.1, 0.15) is 5.69 Å². The van der Waals surface area contributed by atoms with Crippen LogP contribution in [-0.2, 0) is 15.5 Å². The molecule has 0 unspecified atom stereocenters. The SMILES string of the molecule is O=c1nc(-c2cccc(CCOP(=O)(O)O)n2)sc2ccccc12. The third-order valence-electron chi connectivity index (χ3n) is 3.17. The molecular weight excluding hydrogens is 351 g/mol. The number of rotatable bonds is 5. The molecule has 7 nitrogen and oxygen atoms in total. The molecule has 9 heteroatoms. The Morgan fingerprint density at radius 1 is 1.08 bits per heavy atom. The van der Waals surface area contributed by atoms with Crippen molar-refractivity contribution in [2.75, 3.05) is 6.61 Å². The lowest BCUT2D eigenvalue weighted by atomic mass is 10.2. The van der Waals surface area contributed by atoms with Gasteiger partial charge in [-0.1, -0.05) is 18.2 Å². The molecule has 0 saturated carbocycles. The first kappa shape index (κ1) is 16.9. The summed E-state index contributed by atoms with van der Waals surface area (Å²) in [6.45, 7) is -0.151. The van der Waals surface area contributed by atoms with Gasteiger partial charge in [-0.3, -0.25) is 14.3 Å². The highest BCUT2D eigenvalue weighted by Gasteiger charge is 2.13. The van der Waals surface area contributed by atoms with Crippen molar-refractivity contribution in [1.29, 1.82) is 0 Å². The lowest BCUT2D eigenvalue weighted by molar-refractivity contribution is 0.199. The molecule has 2 N–H and O–H groups in total. The Kier molecular flexibility index (Phi) is 4.84. The minimum atomic E-state index is -4.49. The van der Waals surface area contributed by atoms with Gasteiger partial charge >= 0.3 is 7.82 Å². The van der Waals surface area contributed by atoms with Crippen molar-refractivity contribution < 1.29 is 18.9 Å². The fourth-order valence-corrected chi connectivity index (χ4v) is 3.42. The molecule has 0 aliphatic rings. The highest BCUT2D eigenvalue weighted by molar-refractivity contribution is 7.46. The number of aromatic nitrogens is 2. The van der Waals surface area contributed by atoms with Crippen LogP contribution in [0.5, 0.6) is 0 Å². The van der Waals surface area contributed by atoms with E-state index in [1.54, 1.807) is 30.3 Å². The van der Waals surface area contributed by atoms with Gasteiger partial charge in [0.05, 0.1) is 17.7 Å². The molecule has 0 fully saturated rings. The number of phosphoric acid groups is 1. The van der Waals surface area contributed by atoms with Crippen LogP contribution in [0, 0.1) is 0 Å². The van der Waals surface area contributed by atoms with E-state index >= 15 is 0 Å². The zero-order valence-corrected chi connectivity index (χ0v) is 14.0. The van der Waals surface area contributed by atoms with Crippen LogP contribution < -0.4 is 5.56 Å². The first-order chi connectivity index (χ1) is 11.4. The number of phosphoric ester groups is 1. The summed E-state index contributed by atoms with van der Waals surface area (Å²) in [5.41, 5.74) is 0.823. The summed E-state index contributed by atoms with van der Waals surface area (Å²) in [5, 5.41) is 1.06. The van der Waals surface area contributed by atoms with Crippen molar-refractivity contribution in [3.8, 4) is 10.7 Å². The van der Waals surface area contributed by atoms with Crippen molar-refractivity contribution in [3.05, 3.63) is 58.5 Å². The zero-order valence-electron chi connectivity index (χ0n) is 12.3. The van der Waals surface area contributed by atoms with E-state index in [9.17, 15) is 9.36 Å². The van der Waals surface area contributed by atoms with Gasteiger partial charge < -0.3 is 9.79 Å². The number of nitrogens with zero attached hydrogens (tertiary/aromatic N) is 2. The molecule has 0 radical (unpaired) electrons. The van der Waals surface area contributed by atoms with Crippen molar-refractivity contribution in [1.82, 2.24) is 9.97 Å². The summed E-state index contributed by atoms with van der Waals surface area (Å²) in [6, 6.07) is 12.4. The summed E-state index contributed by atoms with van der Waals surface area (Å²) >= 11 is 1.36. The minimum absolute atomic E-state index is 0.151. The van der Waals surface area contributed by atoms with Gasteiger partial charge in [-0.15, -0.1) is 11.3 Å². The summed E-state index contributed by atoms with van der Waals surface area (Å²) < 4.78 is 15.9. The number of hydrogen-bond acceptors (Lipinski definition) is 6. The standard InChI is InChI=1S/C15H13N2O5PS/c18-14-11-5-1-2-7-13(11)24-15(17-14)12-6-3-4-10(16-12)8-9-22-23(19,20)21/h1-7H,8-9H2,(H2,19,20,21). The molecule has 0 amide bonds. The molecular formula is C15H13N2O5PS. The average Bonchev–Trinajstić information content (AvgIpc) is 2.54. The summed E-state index contributed by atoms with van der Waals surface area (Å²) in [5.74, 6) is 0. The van der Waals surface area contributed by atoms with Gasteiger partial charge in [0.1, 0.15) is 5.01 Å². The second-order valence-corrected chi connectivity index (χ2v) is 7.18. The number of pyridine rings is 1. The maximum atomic E-state index is 12.1. The van der Waals surface area contributed by atoms with Crippen LogP contribution in [0.15, 0.2) is 47.3 Å². The van der Waals surface area contributed by atoms with Crippen molar-refractivity contribution >= 4 is 29.2 Å². The van der Waals surface area contributed by atoms with Gasteiger partial charge in [0.25, 0.3) is 5.56 Å². The Bertz CT molecular complexity index is 985. The Hall–Kier alpha value is -1.96. The van der Waals surface area contributed by atoms with E-state index in [4.69, 9.17) is 9.79 Å². The third-order valence-corrected chi connectivity index (χ3v) is 4.76. The van der Waals surface area contributed by atoms with E-state index in [0.29, 0.717) is 21.8 Å². The first-order valence-electron chi connectivity index (χ1n) is 6.99. The Balaban J connectivity index is 1.89. The van der Waals surface area contributed by atoms with Gasteiger partial charge in [-0.05, 0) is 24.3 Å². The van der Waals surface area contributed by atoms with Crippen LogP contribution in [0.3, 0.4) is 0 Å². The molecule has 3 rings (SSSR count). The molecule has 0 spiro atoms. The van der Waals surface area contributed by atoms with E-state index in [2.05, 4.69) is 14.5 Å². The van der Waals surface area contributed by atoms with Crippen LogP contribution in [0.25, 0.3) is 20.8 Å². The van der Waals surface area contributed by atoms with E-state index < -0.39 is 7.82 Å². The molecule has 124 valence electrons. The molecule has 3 aromatic rings. The van der Waals surface area contributed by atoms with E-state index in [-0.39, 0.29) is 18.6 Å². The molecule has 0 aliphatic carbocycles. The smallest absolute Gasteiger partial charge is 0.303 e. The summed E-state index contributed by atoms with van der Waals surface area (Å²) in [7, 11) is -4.49. The molecule has 0 atom stereocenters. The maximum Gasteiger partial charge on any atom is 0.469 e. The molecule has 0 aliphatic heterocycles. The Labute approximate surface area is 140 Å². The maximum absolute atomic E-state index is 12.1. The number of fused-ring (bicyclic) bond motifs is 1. The fourth-order valence-electron chi connectivity index (χ4n) is 2.13. The Morgan fingerprint density at radius 2 is 1.88 bits per heavy atom. The lowest BCUT2D eigenvalue weighted by Gasteiger charge is -2.06. The average molecular weight is 364 g/mol. The molecule has 2 heterocycles. The molecule has 1 aromatic carbocycles. The van der Waals surface area contributed by atoms with Crippen LogP contribution in [0.2, 0.25) is 0 Å². The van der Waals surface area contributed by atoms with Crippen LogP contribution in [0.4, 0.5) is 0 Å². The van der Waals surface area contributed by atoms with E-state index in [1.807, 2.05) is 12.1 Å². The third kappa shape index (κ3) is 4.11. The van der Waals surface area contributed by atoms with Gasteiger partial charge in [-0.2, -0.15) is 4.98 Å². The van der Waals surface area contributed by atoms with E-state index in [1.165, 1.54) is 11.3 Å². The minimum Gasteiger partial charge on any atom is -0.303 e. The molecule has 0 saturated heterocycles. The van der Waals surface area contributed by atoms with Gasteiger partial charge in [-0.25, -0.2) is 4.57 Å². The van der Waals surface area contributed by atoms with Gasteiger partial charge in [0.15, 0.2) is 0 Å². The monoisotopic (exact) mass is 364 g/mol. The highest BCUT2D eigenvalue weighted by Crippen LogP contribution is 2.35. The predicted molar refractivity (Wildman–Crippen MR) is 90.8 cm³/mol.